The molecule has 9 nitrogen and oxygen atoms in total. The number of thiophene rings is 1. The molecule has 2 fully saturated rings. The number of hydrogen-bond donors (Lipinski definition) is 2. The number of nitrogens with one attached hydrogen (secondary N) is 2. The van der Waals surface area contributed by atoms with Crippen LogP contribution in [0.5, 0.6) is 5.75 Å². The van der Waals surface area contributed by atoms with E-state index in [0.29, 0.717) is 39.4 Å². The number of nitrogens with zero attached hydrogens (tertiary/aromatic N) is 4. The maximum atomic E-state index is 15.9. The van der Waals surface area contributed by atoms with Gasteiger partial charge in [-0.05, 0) is 49.7 Å². The van der Waals surface area contributed by atoms with E-state index >= 15 is 4.39 Å². The number of fused-ring (bicyclic) bond motifs is 2. The molecule has 1 amide bonds. The van der Waals surface area contributed by atoms with Gasteiger partial charge >= 0.3 is 0 Å². The van der Waals surface area contributed by atoms with Crippen LogP contribution in [0.25, 0.3) is 32.6 Å². The summed E-state index contributed by atoms with van der Waals surface area (Å²) < 4.78 is 44.0. The molecule has 5 heterocycles. The molecule has 1 saturated carbocycles. The van der Waals surface area contributed by atoms with Crippen molar-refractivity contribution >= 4 is 33.1 Å². The van der Waals surface area contributed by atoms with E-state index in [1.807, 2.05) is 22.2 Å². The van der Waals surface area contributed by atoms with E-state index < -0.39 is 11.6 Å². The minimum absolute atomic E-state index is 0.0494. The molecular weight excluding hydrogens is 574 g/mol. The highest BCUT2D eigenvalue weighted by Gasteiger charge is 2.53. The van der Waals surface area contributed by atoms with Crippen LogP contribution in [0.3, 0.4) is 0 Å². The van der Waals surface area contributed by atoms with Gasteiger partial charge in [0.15, 0.2) is 0 Å². The second kappa shape index (κ2) is 10.9. The van der Waals surface area contributed by atoms with E-state index in [9.17, 15) is 9.18 Å². The van der Waals surface area contributed by atoms with Crippen molar-refractivity contribution in [3.8, 4) is 28.3 Å². The quantitative estimate of drug-likeness (QED) is 0.270. The van der Waals surface area contributed by atoms with E-state index in [1.54, 1.807) is 0 Å². The van der Waals surface area contributed by atoms with Gasteiger partial charge in [-0.2, -0.15) is 5.10 Å². The summed E-state index contributed by atoms with van der Waals surface area (Å²) in [4.78, 5) is 20.7. The Labute approximate surface area is 252 Å². The molecular formula is C31H34F2N6O3S. The monoisotopic (exact) mass is 608 g/mol. The number of rotatable bonds is 8. The topological polar surface area (TPSA) is 93.5 Å². The van der Waals surface area contributed by atoms with Crippen molar-refractivity contribution in [3.63, 3.8) is 0 Å². The first-order valence-electron chi connectivity index (χ1n) is 14.6. The summed E-state index contributed by atoms with van der Waals surface area (Å²) in [5.74, 6) is -1.19. The van der Waals surface area contributed by atoms with Crippen LogP contribution in [0.4, 0.5) is 14.6 Å². The smallest absolute Gasteiger partial charge is 0.228 e. The molecule has 0 unspecified atom stereocenters. The van der Waals surface area contributed by atoms with Crippen LogP contribution in [0.15, 0.2) is 29.6 Å². The number of halogens is 2. The van der Waals surface area contributed by atoms with Gasteiger partial charge < -0.3 is 25.0 Å². The van der Waals surface area contributed by atoms with Crippen LogP contribution in [-0.4, -0.2) is 72.6 Å². The average Bonchev–Trinajstić information content (AvgIpc) is 3.59. The highest BCUT2D eigenvalue weighted by atomic mass is 32.1. The molecule has 3 aromatic heterocycles. The molecule has 12 heteroatoms. The van der Waals surface area contributed by atoms with Crippen molar-refractivity contribution in [1.82, 2.24) is 25.0 Å². The molecule has 1 atom stereocenters. The maximum Gasteiger partial charge on any atom is 0.228 e. The Bertz CT molecular complexity index is 1710. The Morgan fingerprint density at radius 3 is 2.77 bits per heavy atom. The predicted octanol–water partition coefficient (Wildman–Crippen LogP) is 5.07. The van der Waals surface area contributed by atoms with Crippen molar-refractivity contribution in [3.05, 3.63) is 47.0 Å². The van der Waals surface area contributed by atoms with Crippen LogP contribution < -0.4 is 15.4 Å². The van der Waals surface area contributed by atoms with Crippen molar-refractivity contribution in [1.29, 1.82) is 0 Å². The minimum Gasteiger partial charge on any atom is -0.490 e. The number of methoxy groups -OCH3 is 1. The van der Waals surface area contributed by atoms with Crippen molar-refractivity contribution in [2.45, 2.75) is 32.4 Å². The number of benzene rings is 1. The second-order valence-corrected chi connectivity index (χ2v) is 13.0. The van der Waals surface area contributed by atoms with Crippen molar-refractivity contribution < 1.29 is 23.0 Å². The lowest BCUT2D eigenvalue weighted by Gasteiger charge is -2.57. The second-order valence-electron chi connectivity index (χ2n) is 12.1. The van der Waals surface area contributed by atoms with Crippen molar-refractivity contribution in [2.24, 2.45) is 11.3 Å². The number of pyridine rings is 1. The van der Waals surface area contributed by atoms with Gasteiger partial charge in [0.05, 0.1) is 24.4 Å². The molecule has 1 aliphatic carbocycles. The predicted molar refractivity (Wildman–Crippen MR) is 161 cm³/mol. The zero-order valence-electron chi connectivity index (χ0n) is 24.4. The third-order valence-corrected chi connectivity index (χ3v) is 9.81. The van der Waals surface area contributed by atoms with Crippen LogP contribution in [0.2, 0.25) is 0 Å². The van der Waals surface area contributed by atoms with Gasteiger partial charge in [0.25, 0.3) is 0 Å². The molecule has 2 N–H and O–H groups in total. The van der Waals surface area contributed by atoms with Crippen LogP contribution in [0.1, 0.15) is 31.5 Å². The van der Waals surface area contributed by atoms with E-state index in [0.717, 1.165) is 44.2 Å². The fourth-order valence-corrected chi connectivity index (χ4v) is 7.94. The fourth-order valence-electron chi connectivity index (χ4n) is 6.99. The molecule has 0 bridgehead atoms. The zero-order valence-corrected chi connectivity index (χ0v) is 25.2. The van der Waals surface area contributed by atoms with Gasteiger partial charge in [0.2, 0.25) is 5.91 Å². The van der Waals surface area contributed by atoms with Crippen LogP contribution >= 0.6 is 11.3 Å². The van der Waals surface area contributed by atoms with E-state index in [-0.39, 0.29) is 47.8 Å². The van der Waals surface area contributed by atoms with Gasteiger partial charge in [-0.3, -0.25) is 9.48 Å². The molecule has 226 valence electrons. The van der Waals surface area contributed by atoms with Crippen LogP contribution in [0, 0.1) is 23.0 Å². The number of hydrogen-bond acceptors (Lipinski definition) is 8. The maximum absolute atomic E-state index is 15.9. The Morgan fingerprint density at radius 1 is 1.21 bits per heavy atom. The number of carbonyl (C=O) groups excluding carboxylic acids is 1. The SMILES string of the molecule is COCCOc1cc(F)cc(F)c1-c1c(-c2cc3n(n2)CCN[C@@H]3C)nc(NC(=O)C2CC3(C2)CN(C)C3)c2ccsc12. The number of anilines is 1. The Hall–Kier alpha value is -3.45. The molecule has 1 spiro atoms. The summed E-state index contributed by atoms with van der Waals surface area (Å²) in [6.45, 7) is 5.92. The van der Waals surface area contributed by atoms with Gasteiger partial charge in [-0.25, -0.2) is 13.8 Å². The van der Waals surface area contributed by atoms with E-state index in [2.05, 4.69) is 29.5 Å². The lowest BCUT2D eigenvalue weighted by atomic mass is 9.57. The van der Waals surface area contributed by atoms with Gasteiger partial charge in [-0.15, -0.1) is 11.3 Å². The molecule has 4 aromatic rings. The summed E-state index contributed by atoms with van der Waals surface area (Å²) >= 11 is 1.40. The number of ether oxygens (including phenoxy) is 2. The third-order valence-electron chi connectivity index (χ3n) is 8.88. The number of likely N-dealkylation sites (tertiary alicyclic amines) is 1. The van der Waals surface area contributed by atoms with Crippen molar-refractivity contribution in [2.75, 3.05) is 52.3 Å². The van der Waals surface area contributed by atoms with Crippen LogP contribution in [-0.2, 0) is 16.1 Å². The van der Waals surface area contributed by atoms with Gasteiger partial charge in [0.1, 0.15) is 41.2 Å². The number of aromatic nitrogens is 3. The molecule has 1 aromatic carbocycles. The standard InChI is InChI=1S/C31H34F2N6O3S/c1-17-23-12-22(37-39(23)6-5-34-17)27-26(25-21(33)10-19(32)11-24(25)42-8-7-41-3)28-20(4-9-43-28)29(35-27)36-30(40)18-13-31(14-18)15-38(2)16-31/h4,9-12,17-18,34H,5-8,13-16H2,1-3H3,(H,35,36,40)/t17-/m1/s1. The van der Waals surface area contributed by atoms with Gasteiger partial charge in [-0.1, -0.05) is 0 Å². The summed E-state index contributed by atoms with van der Waals surface area (Å²) in [5.41, 5.74) is 2.72. The fraction of sp³-hybridized carbons (Fsp3) is 0.452. The number of carbonyl (C=O) groups is 1. The Morgan fingerprint density at radius 2 is 2.02 bits per heavy atom. The average molecular weight is 609 g/mol. The minimum atomic E-state index is -0.772. The highest BCUT2D eigenvalue weighted by Crippen LogP contribution is 2.52. The molecule has 7 rings (SSSR count). The normalized spacial score (nSPS) is 19.7. The largest absolute Gasteiger partial charge is 0.490 e. The van der Waals surface area contributed by atoms with E-state index in [1.165, 1.54) is 24.5 Å². The third kappa shape index (κ3) is 4.99. The first-order valence-corrected chi connectivity index (χ1v) is 15.5. The summed E-state index contributed by atoms with van der Waals surface area (Å²) in [5, 5.41) is 14.0. The molecule has 1 saturated heterocycles. The Kier molecular flexibility index (Phi) is 7.19. The molecule has 0 radical (unpaired) electrons. The first-order chi connectivity index (χ1) is 20.7. The zero-order chi connectivity index (χ0) is 29.9. The van der Waals surface area contributed by atoms with Gasteiger partial charge in [0, 0.05) is 66.5 Å². The molecule has 2 aliphatic heterocycles. The van der Waals surface area contributed by atoms with E-state index in [4.69, 9.17) is 19.6 Å². The highest BCUT2D eigenvalue weighted by molar-refractivity contribution is 7.18. The Balaban J connectivity index is 1.36. The lowest BCUT2D eigenvalue weighted by Crippen LogP contribution is -2.62. The molecule has 43 heavy (non-hydrogen) atoms. The summed E-state index contributed by atoms with van der Waals surface area (Å²) in [7, 11) is 3.63. The molecule has 3 aliphatic rings. The summed E-state index contributed by atoms with van der Waals surface area (Å²) in [6.07, 6.45) is 1.73. The first kappa shape index (κ1) is 28.3. The number of amides is 1. The summed E-state index contributed by atoms with van der Waals surface area (Å²) in [6, 6.07) is 5.92. The lowest BCUT2D eigenvalue weighted by molar-refractivity contribution is -0.137.